The Balaban J connectivity index is 2.34. The van der Waals surface area contributed by atoms with E-state index in [1.54, 1.807) is 0 Å². The Labute approximate surface area is 69.0 Å². The molecule has 1 fully saturated rings. The minimum atomic E-state index is -0.0697. The molecular weight excluding hydrogens is 158 g/mol. The van der Waals surface area contributed by atoms with Gasteiger partial charge in [-0.05, 0) is 19.1 Å². The van der Waals surface area contributed by atoms with Gasteiger partial charge < -0.3 is 4.74 Å². The highest BCUT2D eigenvalue weighted by molar-refractivity contribution is 7.12. The van der Waals surface area contributed by atoms with Gasteiger partial charge in [0.05, 0.1) is 6.61 Å². The molecule has 1 aromatic heterocycles. The normalized spacial score (nSPS) is 28.0. The Bertz CT molecular complexity index is 319. The van der Waals surface area contributed by atoms with Crippen LogP contribution in [0, 0.1) is 11.3 Å². The van der Waals surface area contributed by atoms with Gasteiger partial charge in [0.25, 0.3) is 0 Å². The van der Waals surface area contributed by atoms with Crippen LogP contribution in [0.15, 0.2) is 12.1 Å². The molecule has 11 heavy (non-hydrogen) atoms. The van der Waals surface area contributed by atoms with E-state index in [1.165, 1.54) is 11.3 Å². The topological polar surface area (TPSA) is 36.3 Å². The second-order valence-electron chi connectivity index (χ2n) is 2.80. The molecule has 0 bridgehead atoms. The molecule has 0 saturated carbocycles. The molecule has 2 rings (SSSR count). The number of hydrogen-bond donors (Lipinski definition) is 0. The average molecular weight is 165 g/mol. The van der Waals surface area contributed by atoms with Gasteiger partial charge in [-0.25, -0.2) is 0 Å². The van der Waals surface area contributed by atoms with Gasteiger partial charge in [0.1, 0.15) is 16.5 Å². The van der Waals surface area contributed by atoms with Crippen LogP contribution in [0.3, 0.4) is 0 Å². The summed E-state index contributed by atoms with van der Waals surface area (Å²) in [6.07, 6.45) is 0. The zero-order chi connectivity index (χ0) is 7.90. The summed E-state index contributed by atoms with van der Waals surface area (Å²) >= 11 is 1.52. The molecule has 0 N–H and O–H groups in total. The predicted molar refractivity (Wildman–Crippen MR) is 42.3 cm³/mol. The molecule has 2 nitrogen and oxygen atoms in total. The van der Waals surface area contributed by atoms with Gasteiger partial charge in [-0.3, -0.25) is 0 Å². The lowest BCUT2D eigenvalue weighted by atomic mass is 10.2. The summed E-state index contributed by atoms with van der Waals surface area (Å²) in [5, 5.41) is 8.56. The maximum absolute atomic E-state index is 8.56. The third kappa shape index (κ3) is 1.05. The summed E-state index contributed by atoms with van der Waals surface area (Å²) < 4.78 is 5.24. The molecule has 56 valence electrons. The van der Waals surface area contributed by atoms with Crippen molar-refractivity contribution in [1.82, 2.24) is 0 Å². The van der Waals surface area contributed by atoms with E-state index in [-0.39, 0.29) is 5.60 Å². The van der Waals surface area contributed by atoms with E-state index in [2.05, 4.69) is 6.07 Å². The summed E-state index contributed by atoms with van der Waals surface area (Å²) in [5.41, 5.74) is -0.0697. The summed E-state index contributed by atoms with van der Waals surface area (Å²) in [6, 6.07) is 5.92. The van der Waals surface area contributed by atoms with Gasteiger partial charge in [0.15, 0.2) is 0 Å². The van der Waals surface area contributed by atoms with Crippen LogP contribution in [0.2, 0.25) is 0 Å². The summed E-state index contributed by atoms with van der Waals surface area (Å²) in [5.74, 6) is 0. The van der Waals surface area contributed by atoms with Crippen molar-refractivity contribution in [1.29, 1.82) is 5.26 Å². The molecule has 3 heteroatoms. The van der Waals surface area contributed by atoms with Crippen molar-refractivity contribution >= 4 is 11.3 Å². The Hall–Kier alpha value is -0.850. The third-order valence-corrected chi connectivity index (χ3v) is 3.05. The summed E-state index contributed by atoms with van der Waals surface area (Å²) in [6.45, 7) is 2.83. The quantitative estimate of drug-likeness (QED) is 0.595. The smallest absolute Gasteiger partial charge is 0.123 e. The van der Waals surface area contributed by atoms with Crippen LogP contribution in [0.4, 0.5) is 0 Å². The lowest BCUT2D eigenvalue weighted by Gasteiger charge is -1.97. The van der Waals surface area contributed by atoms with Crippen molar-refractivity contribution < 1.29 is 4.74 Å². The third-order valence-electron chi connectivity index (χ3n) is 1.81. The van der Waals surface area contributed by atoms with Gasteiger partial charge in [0, 0.05) is 4.88 Å². The van der Waals surface area contributed by atoms with Gasteiger partial charge in [-0.15, -0.1) is 11.3 Å². The molecular formula is C8H7NOS. The summed E-state index contributed by atoms with van der Waals surface area (Å²) in [7, 11) is 0. The van der Waals surface area contributed by atoms with E-state index in [1.807, 2.05) is 19.1 Å². The monoisotopic (exact) mass is 165 g/mol. The molecule has 0 aliphatic carbocycles. The molecule has 1 unspecified atom stereocenters. The van der Waals surface area contributed by atoms with Crippen molar-refractivity contribution in [3.63, 3.8) is 0 Å². The van der Waals surface area contributed by atoms with Crippen molar-refractivity contribution in [3.05, 3.63) is 21.9 Å². The highest BCUT2D eigenvalue weighted by Gasteiger charge is 2.42. The molecule has 0 spiro atoms. The second kappa shape index (κ2) is 2.07. The van der Waals surface area contributed by atoms with Crippen LogP contribution < -0.4 is 0 Å². The average Bonchev–Trinajstić information content (AvgIpc) is 2.61. The van der Waals surface area contributed by atoms with Crippen molar-refractivity contribution in [2.24, 2.45) is 0 Å². The van der Waals surface area contributed by atoms with Crippen LogP contribution in [0.5, 0.6) is 0 Å². The van der Waals surface area contributed by atoms with Gasteiger partial charge in [0.2, 0.25) is 0 Å². The van der Waals surface area contributed by atoms with Crippen molar-refractivity contribution in [2.75, 3.05) is 6.61 Å². The first-order chi connectivity index (χ1) is 5.24. The van der Waals surface area contributed by atoms with Gasteiger partial charge >= 0.3 is 0 Å². The maximum Gasteiger partial charge on any atom is 0.123 e. The largest absolute Gasteiger partial charge is 0.364 e. The molecule has 0 radical (unpaired) electrons. The number of rotatable bonds is 1. The number of epoxide rings is 1. The minimum Gasteiger partial charge on any atom is -0.364 e. The number of ether oxygens (including phenoxy) is 1. The molecule has 1 saturated heterocycles. The lowest BCUT2D eigenvalue weighted by molar-refractivity contribution is 0.333. The van der Waals surface area contributed by atoms with Gasteiger partial charge in [-0.1, -0.05) is 0 Å². The fraction of sp³-hybridized carbons (Fsp3) is 0.375. The van der Waals surface area contributed by atoms with E-state index in [9.17, 15) is 0 Å². The molecule has 1 aromatic rings. The van der Waals surface area contributed by atoms with E-state index in [4.69, 9.17) is 10.00 Å². The molecule has 1 aliphatic rings. The zero-order valence-electron chi connectivity index (χ0n) is 6.13. The van der Waals surface area contributed by atoms with Crippen LogP contribution in [0.1, 0.15) is 16.7 Å². The fourth-order valence-electron chi connectivity index (χ4n) is 0.933. The van der Waals surface area contributed by atoms with Crippen molar-refractivity contribution in [3.8, 4) is 6.07 Å². The summed E-state index contributed by atoms with van der Waals surface area (Å²) in [4.78, 5) is 1.92. The lowest BCUT2D eigenvalue weighted by Crippen LogP contribution is -1.96. The molecule has 1 aliphatic heterocycles. The Morgan fingerprint density at radius 2 is 2.45 bits per heavy atom. The van der Waals surface area contributed by atoms with Gasteiger partial charge in [-0.2, -0.15) is 5.26 Å². The Kier molecular flexibility index (Phi) is 1.28. The van der Waals surface area contributed by atoms with E-state index in [0.717, 1.165) is 16.4 Å². The highest BCUT2D eigenvalue weighted by Crippen LogP contribution is 2.41. The Morgan fingerprint density at radius 1 is 1.73 bits per heavy atom. The number of thiophene rings is 1. The van der Waals surface area contributed by atoms with E-state index < -0.39 is 0 Å². The predicted octanol–water partition coefficient (Wildman–Crippen LogP) is 1.87. The molecule has 1 atom stereocenters. The molecule has 2 heterocycles. The van der Waals surface area contributed by atoms with E-state index in [0.29, 0.717) is 0 Å². The first-order valence-corrected chi connectivity index (χ1v) is 4.21. The highest BCUT2D eigenvalue weighted by atomic mass is 32.1. The standard InChI is InChI=1S/C8H7NOS/c1-8(5-10-8)7-3-2-6(4-9)11-7/h2-3H,5H2,1H3. The first-order valence-electron chi connectivity index (χ1n) is 3.39. The van der Waals surface area contributed by atoms with Crippen LogP contribution in [0.25, 0.3) is 0 Å². The van der Waals surface area contributed by atoms with Crippen LogP contribution in [-0.4, -0.2) is 6.61 Å². The zero-order valence-corrected chi connectivity index (χ0v) is 6.94. The SMILES string of the molecule is CC1(c2ccc(C#N)s2)CO1. The van der Waals surface area contributed by atoms with E-state index >= 15 is 0 Å². The fourth-order valence-corrected chi connectivity index (χ4v) is 1.82. The first kappa shape index (κ1) is 6.84. The molecule has 0 aromatic carbocycles. The number of hydrogen-bond acceptors (Lipinski definition) is 3. The van der Waals surface area contributed by atoms with Crippen molar-refractivity contribution in [2.45, 2.75) is 12.5 Å². The number of nitriles is 1. The molecule has 0 amide bonds. The second-order valence-corrected chi connectivity index (χ2v) is 3.88. The number of nitrogens with zero attached hydrogens (tertiary/aromatic N) is 1. The van der Waals surface area contributed by atoms with Crippen LogP contribution >= 0.6 is 11.3 Å². The minimum absolute atomic E-state index is 0.0697. The van der Waals surface area contributed by atoms with Crippen LogP contribution in [-0.2, 0) is 10.3 Å². The Morgan fingerprint density at radius 3 is 2.91 bits per heavy atom. The maximum atomic E-state index is 8.56.